The van der Waals surface area contributed by atoms with Gasteiger partial charge in [-0.15, -0.1) is 11.3 Å². The molecule has 2 aliphatic rings. The molecule has 10 heteroatoms. The Balaban J connectivity index is 1.45. The monoisotopic (exact) mass is 554 g/mol. The quantitative estimate of drug-likeness (QED) is 0.482. The van der Waals surface area contributed by atoms with Gasteiger partial charge in [-0.25, -0.2) is 13.4 Å². The van der Waals surface area contributed by atoms with Crippen LogP contribution in [0, 0.1) is 13.8 Å². The van der Waals surface area contributed by atoms with E-state index >= 15 is 0 Å². The lowest BCUT2D eigenvalue weighted by atomic mass is 9.84. The number of thiazole rings is 1. The van der Waals surface area contributed by atoms with Gasteiger partial charge in [-0.1, -0.05) is 23.7 Å². The van der Waals surface area contributed by atoms with Crippen LogP contribution in [0.3, 0.4) is 0 Å². The number of carboxylic acid groups (broad SMARTS) is 1. The van der Waals surface area contributed by atoms with Gasteiger partial charge in [0.25, 0.3) is 0 Å². The van der Waals surface area contributed by atoms with Crippen molar-refractivity contribution in [3.8, 4) is 0 Å². The number of aryl methyl sites for hydroxylation is 2. The lowest BCUT2D eigenvalue weighted by Gasteiger charge is -2.46. The maximum atomic E-state index is 12.5. The van der Waals surface area contributed by atoms with E-state index in [1.807, 2.05) is 35.6 Å². The summed E-state index contributed by atoms with van der Waals surface area (Å²) in [7, 11) is -3.51. The van der Waals surface area contributed by atoms with Crippen molar-refractivity contribution < 1.29 is 23.1 Å². The highest BCUT2D eigenvalue weighted by Crippen LogP contribution is 2.38. The number of sulfone groups is 1. The van der Waals surface area contributed by atoms with Gasteiger partial charge < -0.3 is 9.84 Å². The summed E-state index contributed by atoms with van der Waals surface area (Å²) in [5.74, 6) is -1.11. The number of carboxylic acids is 1. The molecule has 1 saturated carbocycles. The van der Waals surface area contributed by atoms with E-state index in [-0.39, 0.29) is 24.0 Å². The van der Waals surface area contributed by atoms with E-state index in [0.29, 0.717) is 30.1 Å². The predicted molar refractivity (Wildman–Crippen MR) is 143 cm³/mol. The molecule has 1 aliphatic heterocycles. The third kappa shape index (κ3) is 7.28. The molecule has 1 aliphatic carbocycles. The number of ether oxygens (including phenoxy) is 1. The minimum absolute atomic E-state index is 0.141. The van der Waals surface area contributed by atoms with Gasteiger partial charge in [-0.2, -0.15) is 0 Å². The number of morpholine rings is 1. The van der Waals surface area contributed by atoms with E-state index in [1.165, 1.54) is 15.4 Å². The predicted octanol–water partition coefficient (Wildman–Crippen LogP) is 4.64. The van der Waals surface area contributed by atoms with E-state index in [2.05, 4.69) is 18.7 Å². The summed E-state index contributed by atoms with van der Waals surface area (Å²) in [5, 5.41) is 10.8. The van der Waals surface area contributed by atoms with Crippen LogP contribution in [0.15, 0.2) is 24.3 Å². The first-order valence-corrected chi connectivity index (χ1v) is 15.6. The highest BCUT2D eigenvalue weighted by atomic mass is 35.5. The molecule has 1 N–H and O–H groups in total. The standard InChI is InChI=1S/C26H35ClN2O5S2/c1-17-18(2)35-26(28-17)20-5-9-22(10-6-20)29-14-24(16-36(32,33)12-11-25(30)31)34-15-23(29)13-19-3-7-21(27)8-4-19/h3-4,7-8,20,22-24H,5-6,9-16H2,1-2H3,(H,30,31)/t20?,22?,23-,24+/m0/s1. The fourth-order valence-electron chi connectivity index (χ4n) is 5.33. The Kier molecular flexibility index (Phi) is 9.09. The van der Waals surface area contributed by atoms with Crippen LogP contribution in [-0.2, 0) is 25.8 Å². The van der Waals surface area contributed by atoms with Crippen LogP contribution in [0.4, 0.5) is 0 Å². The summed E-state index contributed by atoms with van der Waals surface area (Å²) >= 11 is 7.88. The zero-order chi connectivity index (χ0) is 25.9. The zero-order valence-corrected chi connectivity index (χ0v) is 23.2. The number of hydrogen-bond acceptors (Lipinski definition) is 7. The number of halogens is 1. The van der Waals surface area contributed by atoms with E-state index in [9.17, 15) is 13.2 Å². The van der Waals surface area contributed by atoms with Crippen LogP contribution >= 0.6 is 22.9 Å². The molecule has 7 nitrogen and oxygen atoms in total. The van der Waals surface area contributed by atoms with Crippen LogP contribution in [0.1, 0.15) is 59.2 Å². The van der Waals surface area contributed by atoms with E-state index < -0.39 is 21.9 Å². The average molecular weight is 555 g/mol. The number of aliphatic carboxylic acids is 1. The van der Waals surface area contributed by atoms with Crippen molar-refractivity contribution >= 4 is 38.7 Å². The fraction of sp³-hybridized carbons (Fsp3) is 0.615. The molecule has 4 rings (SSSR count). The second-order valence-corrected chi connectivity index (χ2v) is 14.0. The summed E-state index contributed by atoms with van der Waals surface area (Å²) in [5.41, 5.74) is 2.30. The van der Waals surface area contributed by atoms with Gasteiger partial charge in [-0.05, 0) is 63.6 Å². The van der Waals surface area contributed by atoms with Gasteiger partial charge in [0, 0.05) is 34.4 Å². The molecule has 0 radical (unpaired) electrons. The minimum atomic E-state index is -3.51. The first-order chi connectivity index (χ1) is 17.1. The van der Waals surface area contributed by atoms with Gasteiger partial charge in [0.15, 0.2) is 9.84 Å². The molecule has 0 unspecified atom stereocenters. The molecular weight excluding hydrogens is 520 g/mol. The van der Waals surface area contributed by atoms with Crippen LogP contribution in [0.25, 0.3) is 0 Å². The number of benzene rings is 1. The Morgan fingerprint density at radius 2 is 1.89 bits per heavy atom. The summed E-state index contributed by atoms with van der Waals surface area (Å²) in [6, 6.07) is 8.36. The number of carbonyl (C=O) groups is 1. The molecule has 2 heterocycles. The zero-order valence-electron chi connectivity index (χ0n) is 20.9. The molecule has 1 aromatic heterocycles. The van der Waals surface area contributed by atoms with Gasteiger partial charge in [0.1, 0.15) is 0 Å². The van der Waals surface area contributed by atoms with Crippen LogP contribution in [0.5, 0.6) is 0 Å². The van der Waals surface area contributed by atoms with Gasteiger partial charge in [0.2, 0.25) is 0 Å². The Labute approximate surface area is 222 Å². The molecule has 1 saturated heterocycles. The van der Waals surface area contributed by atoms with Gasteiger partial charge in [0.05, 0.1) is 41.3 Å². The number of rotatable bonds is 9. The minimum Gasteiger partial charge on any atom is -0.481 e. The second-order valence-electron chi connectivity index (χ2n) is 10.1. The lowest BCUT2D eigenvalue weighted by molar-refractivity contribution is -0.136. The average Bonchev–Trinajstić information content (AvgIpc) is 3.18. The number of aromatic nitrogens is 1. The largest absolute Gasteiger partial charge is 0.481 e. The Morgan fingerprint density at radius 1 is 1.19 bits per heavy atom. The molecule has 0 spiro atoms. The van der Waals surface area contributed by atoms with Gasteiger partial charge >= 0.3 is 5.97 Å². The van der Waals surface area contributed by atoms with Crippen LogP contribution in [-0.4, -0.2) is 72.2 Å². The number of nitrogens with zero attached hydrogens (tertiary/aromatic N) is 2. The third-order valence-electron chi connectivity index (χ3n) is 7.42. The first kappa shape index (κ1) is 27.5. The topological polar surface area (TPSA) is 96.8 Å². The summed E-state index contributed by atoms with van der Waals surface area (Å²) < 4.78 is 31.1. The molecular formula is C26H35ClN2O5S2. The van der Waals surface area contributed by atoms with Crippen molar-refractivity contribution in [3.63, 3.8) is 0 Å². The van der Waals surface area contributed by atoms with E-state index in [4.69, 9.17) is 26.4 Å². The summed E-state index contributed by atoms with van der Waals surface area (Å²) in [6.45, 7) is 5.19. The maximum absolute atomic E-state index is 12.5. The van der Waals surface area contributed by atoms with E-state index in [0.717, 1.165) is 37.8 Å². The van der Waals surface area contributed by atoms with Crippen molar-refractivity contribution in [2.75, 3.05) is 24.7 Å². The summed E-state index contributed by atoms with van der Waals surface area (Å²) in [4.78, 5) is 19.4. The van der Waals surface area contributed by atoms with Crippen LogP contribution in [0.2, 0.25) is 5.02 Å². The Hall–Kier alpha value is -1.52. The second kappa shape index (κ2) is 11.9. The molecule has 0 amide bonds. The summed E-state index contributed by atoms with van der Waals surface area (Å²) in [6.07, 6.45) is 4.20. The van der Waals surface area contributed by atoms with Crippen molar-refractivity contribution in [1.82, 2.24) is 9.88 Å². The van der Waals surface area contributed by atoms with Crippen molar-refractivity contribution in [3.05, 3.63) is 50.4 Å². The molecule has 198 valence electrons. The smallest absolute Gasteiger partial charge is 0.304 e. The Bertz CT molecular complexity index is 1120. The molecule has 0 bridgehead atoms. The number of hydrogen-bond donors (Lipinski definition) is 1. The first-order valence-electron chi connectivity index (χ1n) is 12.6. The lowest BCUT2D eigenvalue weighted by Crippen LogP contribution is -2.56. The van der Waals surface area contributed by atoms with Crippen molar-refractivity contribution in [1.29, 1.82) is 0 Å². The van der Waals surface area contributed by atoms with Crippen molar-refractivity contribution in [2.24, 2.45) is 0 Å². The molecule has 2 fully saturated rings. The fourth-order valence-corrected chi connectivity index (χ4v) is 7.97. The maximum Gasteiger partial charge on any atom is 0.304 e. The van der Waals surface area contributed by atoms with E-state index in [1.54, 1.807) is 0 Å². The highest BCUT2D eigenvalue weighted by Gasteiger charge is 2.37. The Morgan fingerprint density at radius 3 is 2.50 bits per heavy atom. The SMILES string of the molecule is Cc1nc(C2CCC(N3C[C@H](CS(=O)(=O)CCC(=O)O)OC[C@@H]3Cc3ccc(Cl)cc3)CC2)sc1C. The normalized spacial score (nSPS) is 25.6. The van der Waals surface area contributed by atoms with Gasteiger partial charge in [-0.3, -0.25) is 9.69 Å². The van der Waals surface area contributed by atoms with Crippen LogP contribution < -0.4 is 0 Å². The molecule has 2 atom stereocenters. The molecule has 1 aromatic carbocycles. The molecule has 36 heavy (non-hydrogen) atoms. The van der Waals surface area contributed by atoms with Crippen molar-refractivity contribution in [2.45, 2.75) is 76.5 Å². The molecule has 2 aromatic rings. The third-order valence-corrected chi connectivity index (χ3v) is 10.6. The highest BCUT2D eigenvalue weighted by molar-refractivity contribution is 7.91.